The molecule has 0 atom stereocenters. The summed E-state index contributed by atoms with van der Waals surface area (Å²) in [5.41, 5.74) is 0.493. The van der Waals surface area contributed by atoms with Crippen molar-refractivity contribution < 1.29 is 4.74 Å². The number of nitrogens with zero attached hydrogens (tertiary/aromatic N) is 1. The first-order valence-electron chi connectivity index (χ1n) is 7.23. The molecule has 0 radical (unpaired) electrons. The van der Waals surface area contributed by atoms with Crippen molar-refractivity contribution in [1.29, 1.82) is 0 Å². The smallest absolute Gasteiger partial charge is 0.0518 e. The molecule has 1 rings (SSSR count). The van der Waals surface area contributed by atoms with Crippen molar-refractivity contribution in [3.8, 4) is 0 Å². The Kier molecular flexibility index (Phi) is 5.94. The molecule has 1 aliphatic rings. The Morgan fingerprint density at radius 3 is 2.24 bits per heavy atom. The quantitative estimate of drug-likeness (QED) is 0.682. The molecule has 0 bridgehead atoms. The van der Waals surface area contributed by atoms with Gasteiger partial charge in [-0.2, -0.15) is 0 Å². The Hall–Kier alpha value is -0.0800. The van der Waals surface area contributed by atoms with Crippen molar-refractivity contribution in [3.05, 3.63) is 0 Å². The van der Waals surface area contributed by atoms with Crippen LogP contribution in [-0.2, 0) is 4.74 Å². The lowest BCUT2D eigenvalue weighted by Crippen LogP contribution is -2.38. The summed E-state index contributed by atoms with van der Waals surface area (Å²) < 4.78 is 5.58. The monoisotopic (exact) mass is 241 g/mol. The Bertz CT molecular complexity index is 199. The molecule has 0 aliphatic carbocycles. The van der Waals surface area contributed by atoms with Gasteiger partial charge in [0.25, 0.3) is 0 Å². The van der Waals surface area contributed by atoms with E-state index < -0.39 is 0 Å². The zero-order valence-electron chi connectivity index (χ0n) is 12.5. The van der Waals surface area contributed by atoms with E-state index in [2.05, 4.69) is 39.5 Å². The molecule has 102 valence electrons. The number of piperidine rings is 1. The van der Waals surface area contributed by atoms with Crippen molar-refractivity contribution in [1.82, 2.24) is 4.90 Å². The van der Waals surface area contributed by atoms with Gasteiger partial charge in [0.05, 0.1) is 6.10 Å². The normalized spacial score (nSPS) is 20.1. The first-order valence-corrected chi connectivity index (χ1v) is 7.23. The van der Waals surface area contributed by atoms with Gasteiger partial charge in [0.1, 0.15) is 0 Å². The Balaban J connectivity index is 2.11. The maximum atomic E-state index is 5.58. The van der Waals surface area contributed by atoms with Gasteiger partial charge in [0, 0.05) is 13.2 Å². The van der Waals surface area contributed by atoms with Crippen LogP contribution in [0.5, 0.6) is 0 Å². The number of ether oxygens (including phenoxy) is 1. The van der Waals surface area contributed by atoms with Gasteiger partial charge in [-0.15, -0.1) is 0 Å². The van der Waals surface area contributed by atoms with E-state index >= 15 is 0 Å². The Morgan fingerprint density at radius 1 is 1.18 bits per heavy atom. The highest BCUT2D eigenvalue weighted by Gasteiger charge is 2.28. The van der Waals surface area contributed by atoms with Crippen LogP contribution >= 0.6 is 0 Å². The second kappa shape index (κ2) is 6.75. The fourth-order valence-electron chi connectivity index (χ4n) is 2.63. The summed E-state index contributed by atoms with van der Waals surface area (Å²) in [6.45, 7) is 16.0. The Morgan fingerprint density at radius 2 is 1.76 bits per heavy atom. The highest BCUT2D eigenvalue weighted by atomic mass is 16.5. The third-order valence-corrected chi connectivity index (χ3v) is 3.88. The fourth-order valence-corrected chi connectivity index (χ4v) is 2.63. The molecule has 2 nitrogen and oxygen atoms in total. The zero-order chi connectivity index (χ0) is 12.9. The molecule has 1 saturated heterocycles. The van der Waals surface area contributed by atoms with Gasteiger partial charge < -0.3 is 9.64 Å². The molecule has 1 aliphatic heterocycles. The van der Waals surface area contributed by atoms with E-state index in [1.807, 2.05) is 0 Å². The summed E-state index contributed by atoms with van der Waals surface area (Å²) in [5, 5.41) is 0. The van der Waals surface area contributed by atoms with E-state index in [9.17, 15) is 0 Å². The topological polar surface area (TPSA) is 12.5 Å². The second-order valence-corrected chi connectivity index (χ2v) is 6.76. The van der Waals surface area contributed by atoms with Crippen molar-refractivity contribution >= 4 is 0 Å². The van der Waals surface area contributed by atoms with Gasteiger partial charge in [-0.1, -0.05) is 20.8 Å². The molecule has 0 saturated carbocycles. The van der Waals surface area contributed by atoms with E-state index in [1.165, 1.54) is 38.9 Å². The van der Waals surface area contributed by atoms with Gasteiger partial charge in [0.2, 0.25) is 0 Å². The molecule has 0 amide bonds. The summed E-state index contributed by atoms with van der Waals surface area (Å²) in [6, 6.07) is 0. The minimum atomic E-state index is 0.377. The largest absolute Gasteiger partial charge is 0.379 e. The van der Waals surface area contributed by atoms with Crippen molar-refractivity contribution in [2.24, 2.45) is 11.3 Å². The van der Waals surface area contributed by atoms with Crippen LogP contribution in [0.15, 0.2) is 0 Å². The number of hydrogen-bond acceptors (Lipinski definition) is 2. The average Bonchev–Trinajstić information content (AvgIpc) is 2.23. The summed E-state index contributed by atoms with van der Waals surface area (Å²) in [7, 11) is 0. The molecule has 1 heterocycles. The van der Waals surface area contributed by atoms with Crippen LogP contribution in [0.4, 0.5) is 0 Å². The SMILES string of the molecule is CC(C)OCCCN1CCC(C(C)(C)C)CC1. The molecule has 0 unspecified atom stereocenters. The van der Waals surface area contributed by atoms with Crippen LogP contribution in [0.3, 0.4) is 0 Å². The number of likely N-dealkylation sites (tertiary alicyclic amines) is 1. The lowest BCUT2D eigenvalue weighted by molar-refractivity contribution is 0.0616. The average molecular weight is 241 g/mol. The van der Waals surface area contributed by atoms with Crippen LogP contribution < -0.4 is 0 Å². The van der Waals surface area contributed by atoms with Gasteiger partial charge in [-0.25, -0.2) is 0 Å². The van der Waals surface area contributed by atoms with Gasteiger partial charge in [0.15, 0.2) is 0 Å². The van der Waals surface area contributed by atoms with Crippen molar-refractivity contribution in [3.63, 3.8) is 0 Å². The minimum Gasteiger partial charge on any atom is -0.379 e. The zero-order valence-corrected chi connectivity index (χ0v) is 12.5. The molecule has 1 fully saturated rings. The molecule has 0 aromatic carbocycles. The number of rotatable bonds is 5. The summed E-state index contributed by atoms with van der Waals surface area (Å²) in [4.78, 5) is 2.60. The minimum absolute atomic E-state index is 0.377. The van der Waals surface area contributed by atoms with Crippen molar-refractivity contribution in [2.75, 3.05) is 26.2 Å². The first kappa shape index (κ1) is 15.0. The van der Waals surface area contributed by atoms with E-state index in [0.29, 0.717) is 11.5 Å². The van der Waals surface area contributed by atoms with Gasteiger partial charge >= 0.3 is 0 Å². The predicted octanol–water partition coefficient (Wildman–Crippen LogP) is 3.56. The third kappa shape index (κ3) is 5.87. The second-order valence-electron chi connectivity index (χ2n) is 6.76. The maximum Gasteiger partial charge on any atom is 0.0518 e. The molecular weight excluding hydrogens is 210 g/mol. The lowest BCUT2D eigenvalue weighted by atomic mass is 9.75. The van der Waals surface area contributed by atoms with Crippen LogP contribution in [0.2, 0.25) is 0 Å². The fraction of sp³-hybridized carbons (Fsp3) is 1.00. The highest BCUT2D eigenvalue weighted by molar-refractivity contribution is 4.80. The summed E-state index contributed by atoms with van der Waals surface area (Å²) >= 11 is 0. The van der Waals surface area contributed by atoms with Gasteiger partial charge in [-0.05, 0) is 57.5 Å². The summed E-state index contributed by atoms with van der Waals surface area (Å²) in [5.74, 6) is 0.908. The standard InChI is InChI=1S/C15H31NO/c1-13(2)17-12-6-9-16-10-7-14(8-11-16)15(3,4)5/h13-14H,6-12H2,1-5H3. The van der Waals surface area contributed by atoms with Crippen LogP contribution in [0.25, 0.3) is 0 Å². The van der Waals surface area contributed by atoms with Crippen LogP contribution in [0.1, 0.15) is 53.9 Å². The predicted molar refractivity (Wildman–Crippen MR) is 74.3 cm³/mol. The molecule has 0 N–H and O–H groups in total. The van der Waals surface area contributed by atoms with E-state index in [4.69, 9.17) is 4.74 Å². The summed E-state index contributed by atoms with van der Waals surface area (Å²) in [6.07, 6.45) is 4.29. The molecule has 17 heavy (non-hydrogen) atoms. The molecule has 0 aromatic rings. The highest BCUT2D eigenvalue weighted by Crippen LogP contribution is 2.34. The van der Waals surface area contributed by atoms with Crippen LogP contribution in [0, 0.1) is 11.3 Å². The maximum absolute atomic E-state index is 5.58. The first-order chi connectivity index (χ1) is 7.89. The molecule has 2 heteroatoms. The van der Waals surface area contributed by atoms with Crippen LogP contribution in [-0.4, -0.2) is 37.2 Å². The van der Waals surface area contributed by atoms with E-state index in [1.54, 1.807) is 0 Å². The molecule has 0 aromatic heterocycles. The van der Waals surface area contributed by atoms with E-state index in [0.717, 1.165) is 12.5 Å². The lowest BCUT2D eigenvalue weighted by Gasteiger charge is -2.38. The van der Waals surface area contributed by atoms with Gasteiger partial charge in [-0.3, -0.25) is 0 Å². The van der Waals surface area contributed by atoms with Crippen molar-refractivity contribution in [2.45, 2.75) is 60.0 Å². The van der Waals surface area contributed by atoms with E-state index in [-0.39, 0.29) is 0 Å². The Labute approximate surface area is 108 Å². The number of hydrogen-bond donors (Lipinski definition) is 0. The molecular formula is C15H31NO. The molecule has 0 spiro atoms. The third-order valence-electron chi connectivity index (χ3n) is 3.88.